The number of halogens is 1. The number of thioether (sulfide) groups is 1. The molecule has 0 unspecified atom stereocenters. The largest absolute Gasteiger partial charge is 0.398 e. The molecule has 1 aromatic rings. The summed E-state index contributed by atoms with van der Waals surface area (Å²) < 4.78 is 0. The first-order valence-electron chi connectivity index (χ1n) is 3.86. The summed E-state index contributed by atoms with van der Waals surface area (Å²) in [5.74, 6) is 1.99. The molecule has 0 spiro atoms. The molecule has 0 amide bonds. The van der Waals surface area contributed by atoms with Gasteiger partial charge in [-0.05, 0) is 17.9 Å². The normalized spacial score (nSPS) is 10.2. The van der Waals surface area contributed by atoms with Crippen LogP contribution in [0.5, 0.6) is 0 Å². The van der Waals surface area contributed by atoms with Crippen LogP contribution < -0.4 is 5.73 Å². The Labute approximate surface area is 82.3 Å². The molecule has 0 aliphatic heterocycles. The molecule has 0 aliphatic rings. The van der Waals surface area contributed by atoms with Gasteiger partial charge in [0.25, 0.3) is 0 Å². The number of hydrogen-bond donors (Lipinski definition) is 1. The molecule has 12 heavy (non-hydrogen) atoms. The van der Waals surface area contributed by atoms with Crippen molar-refractivity contribution in [3.63, 3.8) is 0 Å². The minimum atomic E-state index is 0.774. The maximum absolute atomic E-state index is 5.97. The van der Waals surface area contributed by atoms with Crippen LogP contribution in [0.3, 0.4) is 0 Å². The second kappa shape index (κ2) is 4.63. The predicted molar refractivity (Wildman–Crippen MR) is 57.7 cm³/mol. The van der Waals surface area contributed by atoms with Gasteiger partial charge in [0.1, 0.15) is 0 Å². The molecule has 0 fully saturated rings. The van der Waals surface area contributed by atoms with Crippen molar-refractivity contribution >= 4 is 29.1 Å². The molecule has 66 valence electrons. The summed E-state index contributed by atoms with van der Waals surface area (Å²) in [5, 5.41) is 0.774. The Morgan fingerprint density at radius 2 is 2.25 bits per heavy atom. The Hall–Kier alpha value is -0.340. The lowest BCUT2D eigenvalue weighted by atomic mass is 10.2. The van der Waals surface area contributed by atoms with E-state index in [-0.39, 0.29) is 0 Å². The Balaban J connectivity index is 2.81. The lowest BCUT2D eigenvalue weighted by Crippen LogP contribution is -1.93. The Kier molecular flexibility index (Phi) is 3.76. The molecule has 2 N–H and O–H groups in total. The van der Waals surface area contributed by atoms with E-state index in [1.165, 1.54) is 0 Å². The molecule has 0 bridgehead atoms. The third-order valence-electron chi connectivity index (χ3n) is 1.61. The van der Waals surface area contributed by atoms with Gasteiger partial charge < -0.3 is 5.73 Å². The van der Waals surface area contributed by atoms with Crippen LogP contribution in [0.4, 0.5) is 5.69 Å². The number of anilines is 1. The van der Waals surface area contributed by atoms with Crippen LogP contribution in [-0.4, -0.2) is 5.75 Å². The summed E-state index contributed by atoms with van der Waals surface area (Å²) >= 11 is 7.80. The molecule has 0 aliphatic carbocycles. The van der Waals surface area contributed by atoms with Gasteiger partial charge in [-0.2, -0.15) is 11.8 Å². The van der Waals surface area contributed by atoms with E-state index in [1.807, 2.05) is 30.0 Å². The molecule has 0 radical (unpaired) electrons. The molecule has 0 aromatic heterocycles. The standard InChI is InChI=1S/C9H12ClNS/c1-2-12-6-7-8(10)4-3-5-9(7)11/h3-5H,2,6,11H2,1H3. The second-order valence-corrected chi connectivity index (χ2v) is 4.13. The second-order valence-electron chi connectivity index (χ2n) is 2.44. The highest BCUT2D eigenvalue weighted by Crippen LogP contribution is 2.25. The van der Waals surface area contributed by atoms with Crippen molar-refractivity contribution in [3.8, 4) is 0 Å². The van der Waals surface area contributed by atoms with Crippen molar-refractivity contribution in [1.82, 2.24) is 0 Å². The first kappa shape index (κ1) is 9.75. The monoisotopic (exact) mass is 201 g/mol. The average molecular weight is 202 g/mol. The van der Waals surface area contributed by atoms with E-state index in [2.05, 4.69) is 6.92 Å². The molecule has 0 saturated carbocycles. The van der Waals surface area contributed by atoms with Gasteiger partial charge in [0.2, 0.25) is 0 Å². The number of rotatable bonds is 3. The van der Waals surface area contributed by atoms with Gasteiger partial charge in [-0.1, -0.05) is 24.6 Å². The van der Waals surface area contributed by atoms with Crippen LogP contribution in [0.15, 0.2) is 18.2 Å². The molecule has 1 nitrogen and oxygen atoms in total. The van der Waals surface area contributed by atoms with Crippen LogP contribution in [-0.2, 0) is 5.75 Å². The van der Waals surface area contributed by atoms with E-state index >= 15 is 0 Å². The van der Waals surface area contributed by atoms with E-state index in [0.29, 0.717) is 0 Å². The molecular weight excluding hydrogens is 190 g/mol. The van der Waals surface area contributed by atoms with Crippen LogP contribution in [0.25, 0.3) is 0 Å². The summed E-state index contributed by atoms with van der Waals surface area (Å²) in [4.78, 5) is 0. The zero-order valence-electron chi connectivity index (χ0n) is 7.01. The first-order valence-corrected chi connectivity index (χ1v) is 5.39. The topological polar surface area (TPSA) is 26.0 Å². The molecule has 0 atom stereocenters. The highest BCUT2D eigenvalue weighted by molar-refractivity contribution is 7.98. The average Bonchev–Trinajstić information content (AvgIpc) is 2.04. The zero-order valence-corrected chi connectivity index (χ0v) is 8.58. The third-order valence-corrected chi connectivity index (χ3v) is 2.86. The molecular formula is C9H12ClNS. The summed E-state index contributed by atoms with van der Waals surface area (Å²) in [7, 11) is 0. The summed E-state index contributed by atoms with van der Waals surface area (Å²) in [5.41, 5.74) is 7.62. The molecule has 3 heteroatoms. The van der Waals surface area contributed by atoms with Crippen molar-refractivity contribution in [2.24, 2.45) is 0 Å². The van der Waals surface area contributed by atoms with Gasteiger partial charge in [-0.25, -0.2) is 0 Å². The lowest BCUT2D eigenvalue weighted by molar-refractivity contribution is 1.40. The van der Waals surface area contributed by atoms with Gasteiger partial charge in [-0.3, -0.25) is 0 Å². The van der Waals surface area contributed by atoms with Crippen LogP contribution in [0.1, 0.15) is 12.5 Å². The van der Waals surface area contributed by atoms with Crippen molar-refractivity contribution < 1.29 is 0 Å². The smallest absolute Gasteiger partial charge is 0.0466 e. The Morgan fingerprint density at radius 1 is 1.50 bits per heavy atom. The number of nitrogens with two attached hydrogens (primary N) is 1. The molecule has 0 heterocycles. The van der Waals surface area contributed by atoms with Crippen LogP contribution >= 0.6 is 23.4 Å². The fourth-order valence-electron chi connectivity index (χ4n) is 0.932. The highest BCUT2D eigenvalue weighted by Gasteiger charge is 2.02. The van der Waals surface area contributed by atoms with Gasteiger partial charge in [0.05, 0.1) is 0 Å². The molecule has 1 aromatic carbocycles. The SMILES string of the molecule is CCSCc1c(N)cccc1Cl. The predicted octanol–water partition coefficient (Wildman–Crippen LogP) is 3.18. The lowest BCUT2D eigenvalue weighted by Gasteiger charge is -2.05. The van der Waals surface area contributed by atoms with E-state index in [1.54, 1.807) is 0 Å². The van der Waals surface area contributed by atoms with Gasteiger partial charge in [-0.15, -0.1) is 0 Å². The van der Waals surface area contributed by atoms with Crippen molar-refractivity contribution in [3.05, 3.63) is 28.8 Å². The van der Waals surface area contributed by atoms with Gasteiger partial charge >= 0.3 is 0 Å². The minimum absolute atomic E-state index is 0.774. The molecule has 0 saturated heterocycles. The van der Waals surface area contributed by atoms with E-state index in [9.17, 15) is 0 Å². The summed E-state index contributed by atoms with van der Waals surface area (Å²) in [6, 6.07) is 5.64. The minimum Gasteiger partial charge on any atom is -0.398 e. The maximum Gasteiger partial charge on any atom is 0.0466 e. The fraction of sp³-hybridized carbons (Fsp3) is 0.333. The summed E-state index contributed by atoms with van der Waals surface area (Å²) in [6.07, 6.45) is 0. The summed E-state index contributed by atoms with van der Waals surface area (Å²) in [6.45, 7) is 2.12. The fourth-order valence-corrected chi connectivity index (χ4v) is 1.99. The van der Waals surface area contributed by atoms with Crippen LogP contribution in [0, 0.1) is 0 Å². The van der Waals surface area contributed by atoms with Crippen molar-refractivity contribution in [2.45, 2.75) is 12.7 Å². The number of hydrogen-bond acceptors (Lipinski definition) is 2. The quantitative estimate of drug-likeness (QED) is 0.761. The Morgan fingerprint density at radius 3 is 2.83 bits per heavy atom. The van der Waals surface area contributed by atoms with E-state index < -0.39 is 0 Å². The highest BCUT2D eigenvalue weighted by atomic mass is 35.5. The van der Waals surface area contributed by atoms with Gasteiger partial charge in [0, 0.05) is 22.0 Å². The van der Waals surface area contributed by atoms with E-state index in [0.717, 1.165) is 27.8 Å². The zero-order chi connectivity index (χ0) is 8.97. The van der Waals surface area contributed by atoms with Gasteiger partial charge in [0.15, 0.2) is 0 Å². The molecule has 1 rings (SSSR count). The number of benzene rings is 1. The number of nitrogen functional groups attached to an aromatic ring is 1. The first-order chi connectivity index (χ1) is 5.75. The van der Waals surface area contributed by atoms with Crippen molar-refractivity contribution in [2.75, 3.05) is 11.5 Å². The maximum atomic E-state index is 5.97. The Bertz CT molecular complexity index is 242. The van der Waals surface area contributed by atoms with E-state index in [4.69, 9.17) is 17.3 Å². The van der Waals surface area contributed by atoms with Crippen molar-refractivity contribution in [1.29, 1.82) is 0 Å². The van der Waals surface area contributed by atoms with Crippen LogP contribution in [0.2, 0.25) is 5.02 Å². The third kappa shape index (κ3) is 2.32.